The summed E-state index contributed by atoms with van der Waals surface area (Å²) in [5, 5.41) is 9.86. The molecule has 2 fully saturated rings. The molecule has 5 atom stereocenters. The highest BCUT2D eigenvalue weighted by atomic mass is 16.3. The fraction of sp³-hybridized carbons (Fsp3) is 0.517. The number of fused-ring (bicyclic) bond motifs is 5. The highest BCUT2D eigenvalue weighted by Crippen LogP contribution is 2.61. The van der Waals surface area contributed by atoms with Crippen molar-refractivity contribution in [1.82, 2.24) is 0 Å². The van der Waals surface area contributed by atoms with E-state index in [2.05, 4.69) is 49.9 Å². The Hall–Kier alpha value is -2.62. The molecule has 0 aliphatic heterocycles. The molecule has 0 heterocycles. The molecule has 0 radical (unpaired) electrons. The van der Waals surface area contributed by atoms with Crippen molar-refractivity contribution in [1.29, 1.82) is 0 Å². The summed E-state index contributed by atoms with van der Waals surface area (Å²) in [7, 11) is 0. The number of ketones is 1. The van der Waals surface area contributed by atoms with Crippen molar-refractivity contribution in [2.45, 2.75) is 72.1 Å². The molecule has 0 aromatic heterocycles. The van der Waals surface area contributed by atoms with Crippen LogP contribution >= 0.6 is 0 Å². The van der Waals surface area contributed by atoms with Crippen LogP contribution in [0.3, 0.4) is 0 Å². The number of benzene rings is 2. The summed E-state index contributed by atoms with van der Waals surface area (Å²) >= 11 is 0. The Balaban J connectivity index is 0.000000569. The van der Waals surface area contributed by atoms with E-state index < -0.39 is 0 Å². The predicted octanol–water partition coefficient (Wildman–Crippen LogP) is 5.72. The number of nitrogens with two attached hydrogens (primary N) is 1. The third-order valence-corrected chi connectivity index (χ3v) is 8.14. The number of phenols is 1. The van der Waals surface area contributed by atoms with Crippen molar-refractivity contribution in [2.75, 3.05) is 0 Å². The zero-order valence-electron chi connectivity index (χ0n) is 20.5. The number of aryl methyl sites for hydroxylation is 2. The number of Topliss-reactive ketones (excluding diaryl/α,β-unsaturated/α-hetero) is 1. The maximum atomic E-state index is 13.5. The van der Waals surface area contributed by atoms with Crippen molar-refractivity contribution in [2.24, 2.45) is 28.9 Å². The van der Waals surface area contributed by atoms with Gasteiger partial charge in [0.25, 0.3) is 0 Å². The maximum Gasteiger partial charge on any atom is 0.204 e. The molecule has 2 aromatic rings. The first-order valence-corrected chi connectivity index (χ1v) is 12.4. The molecule has 3 aliphatic rings. The van der Waals surface area contributed by atoms with Crippen LogP contribution in [0.2, 0.25) is 0 Å². The van der Waals surface area contributed by atoms with Gasteiger partial charge in [0, 0.05) is 11.3 Å². The minimum Gasteiger partial charge on any atom is -0.508 e. The largest absolute Gasteiger partial charge is 0.508 e. The van der Waals surface area contributed by atoms with Gasteiger partial charge in [0.2, 0.25) is 6.41 Å². The van der Waals surface area contributed by atoms with Gasteiger partial charge in [0.15, 0.2) is 0 Å². The van der Waals surface area contributed by atoms with Crippen molar-refractivity contribution in [3.05, 3.63) is 64.7 Å². The van der Waals surface area contributed by atoms with Gasteiger partial charge in [-0.05, 0) is 92.0 Å². The topological polar surface area (TPSA) is 80.4 Å². The van der Waals surface area contributed by atoms with Gasteiger partial charge < -0.3 is 10.8 Å². The molecule has 1 amide bonds. The highest BCUT2D eigenvalue weighted by molar-refractivity contribution is 5.89. The minimum atomic E-state index is -0.135. The number of rotatable bonds is 2. The first kappa shape index (κ1) is 25.0. The normalized spacial score (nSPS) is 29.3. The lowest BCUT2D eigenvalue weighted by atomic mass is 9.55. The summed E-state index contributed by atoms with van der Waals surface area (Å²) in [4.78, 5) is 22.1. The Morgan fingerprint density at radius 1 is 1.15 bits per heavy atom. The summed E-state index contributed by atoms with van der Waals surface area (Å²) in [5.41, 5.74) is 9.38. The van der Waals surface area contributed by atoms with Crippen LogP contribution in [0, 0.1) is 30.1 Å². The zero-order chi connectivity index (χ0) is 24.2. The molecular formula is C29H39NO3. The first-order chi connectivity index (χ1) is 15.9. The van der Waals surface area contributed by atoms with Crippen LogP contribution in [0.1, 0.15) is 74.6 Å². The second kappa shape index (κ2) is 10.5. The molecule has 3 aliphatic carbocycles. The van der Waals surface area contributed by atoms with E-state index in [1.807, 2.05) is 26.0 Å². The molecular weight excluding hydrogens is 410 g/mol. The second-order valence-corrected chi connectivity index (χ2v) is 9.88. The van der Waals surface area contributed by atoms with Crippen LogP contribution in [-0.4, -0.2) is 17.3 Å². The highest BCUT2D eigenvalue weighted by Gasteiger charge is 2.57. The Morgan fingerprint density at radius 2 is 1.88 bits per heavy atom. The second-order valence-electron chi connectivity index (χ2n) is 9.88. The summed E-state index contributed by atoms with van der Waals surface area (Å²) < 4.78 is 0. The summed E-state index contributed by atoms with van der Waals surface area (Å²) in [6.45, 7) is 8.39. The van der Waals surface area contributed by atoms with Crippen LogP contribution in [-0.2, 0) is 22.4 Å². The van der Waals surface area contributed by atoms with Gasteiger partial charge in [-0.2, -0.15) is 0 Å². The molecule has 3 unspecified atom stereocenters. The monoisotopic (exact) mass is 449 g/mol. The number of carbonyl (C=O) groups excluding carboxylic acids is 2. The number of aromatic hydroxyl groups is 1. The van der Waals surface area contributed by atoms with Crippen molar-refractivity contribution in [3.8, 4) is 5.75 Å². The molecule has 178 valence electrons. The molecule has 33 heavy (non-hydrogen) atoms. The van der Waals surface area contributed by atoms with Gasteiger partial charge in [-0.1, -0.05) is 56.7 Å². The van der Waals surface area contributed by atoms with Crippen LogP contribution in [0.4, 0.5) is 0 Å². The third kappa shape index (κ3) is 4.85. The molecule has 0 bridgehead atoms. The summed E-state index contributed by atoms with van der Waals surface area (Å²) in [6, 6.07) is 14.6. The predicted molar refractivity (Wildman–Crippen MR) is 133 cm³/mol. The van der Waals surface area contributed by atoms with Gasteiger partial charge in [-0.15, -0.1) is 0 Å². The number of hydrogen-bond donors (Lipinski definition) is 2. The van der Waals surface area contributed by atoms with Gasteiger partial charge >= 0.3 is 0 Å². The summed E-state index contributed by atoms with van der Waals surface area (Å²) in [6.07, 6.45) is 6.52. The van der Waals surface area contributed by atoms with Crippen molar-refractivity contribution >= 4 is 12.2 Å². The average Bonchev–Trinajstić information content (AvgIpc) is 3.06. The Morgan fingerprint density at radius 3 is 2.58 bits per heavy atom. The van der Waals surface area contributed by atoms with Gasteiger partial charge in [-0.25, -0.2) is 0 Å². The Labute approximate surface area is 198 Å². The minimum absolute atomic E-state index is 0.135. The lowest BCUT2D eigenvalue weighted by molar-refractivity contribution is -0.131. The maximum absolute atomic E-state index is 13.5. The number of amides is 1. The quantitative estimate of drug-likeness (QED) is 0.575. The van der Waals surface area contributed by atoms with Crippen LogP contribution in [0.15, 0.2) is 42.5 Å². The number of hydrogen-bond acceptors (Lipinski definition) is 3. The lowest BCUT2D eigenvalue weighted by Crippen LogP contribution is -2.42. The van der Waals surface area contributed by atoms with Gasteiger partial charge in [-0.3, -0.25) is 9.59 Å². The molecule has 2 saturated carbocycles. The van der Waals surface area contributed by atoms with Crippen molar-refractivity contribution in [3.63, 3.8) is 0 Å². The lowest BCUT2D eigenvalue weighted by Gasteiger charge is -2.48. The molecule has 3 N–H and O–H groups in total. The van der Waals surface area contributed by atoms with E-state index >= 15 is 0 Å². The third-order valence-electron chi connectivity index (χ3n) is 8.14. The zero-order valence-corrected chi connectivity index (χ0v) is 20.5. The number of phenolic OH excluding ortho intramolecular Hbond substituents is 1. The van der Waals surface area contributed by atoms with E-state index in [0.717, 1.165) is 38.5 Å². The molecule has 2 aromatic carbocycles. The fourth-order valence-electron chi connectivity index (χ4n) is 6.81. The standard InChI is InChI=1S/C26H30O2.C2H6.CH3NO/c1-16-4-3-5-17(12-16)13-19-15-24-23-8-6-18-14-20(27)7-9-21(18)22(23)10-11-26(24,2)25(19)28;1-2;2-1-3/h3-5,7,9,12,14,19,22-24,27H,6,8,10-11,13,15H2,1-2H3;1-2H3;1H,(H2,2,3)/t19?,22?,23?,24-,26+;;/m0../s1. The molecule has 5 rings (SSSR count). The van der Waals surface area contributed by atoms with E-state index in [4.69, 9.17) is 4.79 Å². The van der Waals surface area contributed by atoms with Gasteiger partial charge in [0.1, 0.15) is 11.5 Å². The number of primary amides is 1. The van der Waals surface area contributed by atoms with Crippen LogP contribution in [0.25, 0.3) is 0 Å². The van der Waals surface area contributed by atoms with Crippen LogP contribution < -0.4 is 5.73 Å². The fourth-order valence-corrected chi connectivity index (χ4v) is 6.81. The van der Waals surface area contributed by atoms with Crippen molar-refractivity contribution < 1.29 is 14.7 Å². The molecule has 4 heteroatoms. The smallest absolute Gasteiger partial charge is 0.204 e. The number of carbonyl (C=O) groups is 2. The van der Waals surface area contributed by atoms with E-state index in [9.17, 15) is 9.90 Å². The molecule has 0 spiro atoms. The first-order valence-electron chi connectivity index (χ1n) is 12.4. The SMILES string of the molecule is CC.Cc1cccc(CC2C[C@H]3C4CCc5cc(O)ccc5C4CC[C@@]3(C)C2=O)c1.NC=O. The van der Waals surface area contributed by atoms with E-state index in [1.54, 1.807) is 0 Å². The Kier molecular flexibility index (Phi) is 7.99. The van der Waals surface area contributed by atoms with E-state index in [1.165, 1.54) is 22.3 Å². The van der Waals surface area contributed by atoms with E-state index in [0.29, 0.717) is 29.3 Å². The van der Waals surface area contributed by atoms with Gasteiger partial charge in [0.05, 0.1) is 0 Å². The summed E-state index contributed by atoms with van der Waals surface area (Å²) in [5.74, 6) is 2.77. The molecule has 4 nitrogen and oxygen atoms in total. The van der Waals surface area contributed by atoms with E-state index in [-0.39, 0.29) is 17.7 Å². The Bertz CT molecular complexity index is 985. The molecule has 0 saturated heterocycles. The van der Waals surface area contributed by atoms with Crippen LogP contribution in [0.5, 0.6) is 5.75 Å². The average molecular weight is 450 g/mol.